The van der Waals surface area contributed by atoms with Crippen molar-refractivity contribution >= 4 is 10.9 Å². The highest BCUT2D eigenvalue weighted by molar-refractivity contribution is 5.78. The molecule has 1 aromatic heterocycles. The number of aromatic amines is 1. The van der Waals surface area contributed by atoms with Crippen molar-refractivity contribution in [3.8, 4) is 0 Å². The number of hydrogen-bond acceptors (Lipinski definition) is 3. The molecule has 2 rings (SSSR count). The maximum Gasteiger partial charge on any atom is 0.258 e. The Hall–Kier alpha value is -1.94. The van der Waals surface area contributed by atoms with E-state index in [2.05, 4.69) is 23.5 Å². The molecule has 0 aliphatic heterocycles. The lowest BCUT2D eigenvalue weighted by Gasteiger charge is -2.07. The van der Waals surface area contributed by atoms with Crippen LogP contribution in [-0.2, 0) is 6.42 Å². The molecule has 0 amide bonds. The predicted molar refractivity (Wildman–Crippen MR) is 76.1 cm³/mol. The van der Waals surface area contributed by atoms with Crippen LogP contribution in [0.5, 0.6) is 0 Å². The minimum absolute atomic E-state index is 0.158. The first-order valence-corrected chi connectivity index (χ1v) is 6.49. The van der Waals surface area contributed by atoms with E-state index >= 15 is 0 Å². The van der Waals surface area contributed by atoms with Crippen LogP contribution in [0, 0.1) is 0 Å². The molecular weight excluding hydrogens is 240 g/mol. The molecule has 0 spiro atoms. The van der Waals surface area contributed by atoms with Gasteiger partial charge in [0.1, 0.15) is 5.82 Å². The topological polar surface area (TPSA) is 66.0 Å². The minimum atomic E-state index is -0.761. The van der Waals surface area contributed by atoms with Gasteiger partial charge in [0.05, 0.1) is 17.0 Å². The third kappa shape index (κ3) is 2.90. The van der Waals surface area contributed by atoms with Crippen LogP contribution in [0.15, 0.2) is 35.6 Å². The number of nitrogens with one attached hydrogen (secondary N) is 1. The quantitative estimate of drug-likeness (QED) is 0.810. The van der Waals surface area contributed by atoms with Crippen LogP contribution < -0.4 is 5.56 Å². The maximum atomic E-state index is 12.0. The third-order valence-electron chi connectivity index (χ3n) is 3.11. The summed E-state index contributed by atoms with van der Waals surface area (Å²) in [5, 5.41) is 10.2. The van der Waals surface area contributed by atoms with E-state index < -0.39 is 6.10 Å². The standard InChI is InChI=1S/C15H18N2O2/c1-3-5-6-14-16-12-8-7-10(13(18)4-2)9-11(12)15(19)17-14/h4,7-9,13,18H,2-3,5-6H2,1H3,(H,16,17,19). The van der Waals surface area contributed by atoms with E-state index in [1.807, 2.05) is 0 Å². The molecule has 1 unspecified atom stereocenters. The smallest absolute Gasteiger partial charge is 0.258 e. The van der Waals surface area contributed by atoms with Gasteiger partial charge in [-0.2, -0.15) is 0 Å². The van der Waals surface area contributed by atoms with Crippen molar-refractivity contribution in [2.45, 2.75) is 32.3 Å². The number of hydrogen-bond donors (Lipinski definition) is 2. The minimum Gasteiger partial charge on any atom is -0.384 e. The van der Waals surface area contributed by atoms with Crippen LogP contribution >= 0.6 is 0 Å². The fourth-order valence-electron chi connectivity index (χ4n) is 1.99. The summed E-state index contributed by atoms with van der Waals surface area (Å²) in [5.41, 5.74) is 1.15. The fraction of sp³-hybridized carbons (Fsp3) is 0.333. The van der Waals surface area contributed by atoms with Crippen LogP contribution in [0.1, 0.15) is 37.3 Å². The SMILES string of the molecule is C=CC(O)c1ccc2nc(CCCC)[nH]c(=O)c2c1. The van der Waals surface area contributed by atoms with Crippen molar-refractivity contribution in [3.63, 3.8) is 0 Å². The predicted octanol–water partition coefficient (Wildman–Crippen LogP) is 2.49. The van der Waals surface area contributed by atoms with E-state index in [4.69, 9.17) is 0 Å². The van der Waals surface area contributed by atoms with Gasteiger partial charge in [-0.1, -0.05) is 25.5 Å². The summed E-state index contributed by atoms with van der Waals surface area (Å²) in [4.78, 5) is 19.3. The molecule has 0 radical (unpaired) electrons. The molecule has 4 nitrogen and oxygen atoms in total. The first kappa shape index (κ1) is 13.5. The van der Waals surface area contributed by atoms with Crippen molar-refractivity contribution < 1.29 is 5.11 Å². The van der Waals surface area contributed by atoms with Crippen molar-refractivity contribution in [3.05, 3.63) is 52.6 Å². The summed E-state index contributed by atoms with van der Waals surface area (Å²) in [5.74, 6) is 0.719. The van der Waals surface area contributed by atoms with Crippen LogP contribution in [0.25, 0.3) is 10.9 Å². The van der Waals surface area contributed by atoms with Gasteiger partial charge in [0, 0.05) is 6.42 Å². The zero-order valence-corrected chi connectivity index (χ0v) is 11.0. The molecule has 0 saturated carbocycles. The second-order valence-corrected chi connectivity index (χ2v) is 4.57. The average Bonchev–Trinajstić information content (AvgIpc) is 2.44. The highest BCUT2D eigenvalue weighted by Crippen LogP contribution is 2.17. The van der Waals surface area contributed by atoms with Gasteiger partial charge >= 0.3 is 0 Å². The summed E-state index contributed by atoms with van der Waals surface area (Å²) >= 11 is 0. The van der Waals surface area contributed by atoms with E-state index in [0.717, 1.165) is 25.1 Å². The molecule has 4 heteroatoms. The average molecular weight is 258 g/mol. The Morgan fingerprint density at radius 1 is 1.53 bits per heavy atom. The molecule has 0 aliphatic carbocycles. The lowest BCUT2D eigenvalue weighted by molar-refractivity contribution is 0.229. The zero-order valence-electron chi connectivity index (χ0n) is 11.0. The molecule has 2 N–H and O–H groups in total. The van der Waals surface area contributed by atoms with Crippen LogP contribution in [0.4, 0.5) is 0 Å². The van der Waals surface area contributed by atoms with Gasteiger partial charge in [-0.3, -0.25) is 4.79 Å². The van der Waals surface area contributed by atoms with Gasteiger partial charge in [-0.15, -0.1) is 6.58 Å². The lowest BCUT2D eigenvalue weighted by Crippen LogP contribution is -2.12. The summed E-state index contributed by atoms with van der Waals surface area (Å²) in [7, 11) is 0. The molecule has 1 heterocycles. The second-order valence-electron chi connectivity index (χ2n) is 4.57. The second kappa shape index (κ2) is 5.80. The number of rotatable bonds is 5. The Bertz CT molecular complexity index is 646. The Kier molecular flexibility index (Phi) is 4.12. The lowest BCUT2D eigenvalue weighted by atomic mass is 10.1. The van der Waals surface area contributed by atoms with Crippen LogP contribution in [0.3, 0.4) is 0 Å². The summed E-state index contributed by atoms with van der Waals surface area (Å²) in [6.07, 6.45) is 3.51. The fourth-order valence-corrected chi connectivity index (χ4v) is 1.99. The first-order valence-electron chi connectivity index (χ1n) is 6.49. The molecule has 0 saturated heterocycles. The Morgan fingerprint density at radius 2 is 2.32 bits per heavy atom. The number of aryl methyl sites for hydroxylation is 1. The molecule has 100 valence electrons. The van der Waals surface area contributed by atoms with Gasteiger partial charge < -0.3 is 10.1 Å². The highest BCUT2D eigenvalue weighted by atomic mass is 16.3. The van der Waals surface area contributed by atoms with Gasteiger partial charge in [0.25, 0.3) is 5.56 Å². The van der Waals surface area contributed by atoms with Crippen molar-refractivity contribution in [2.24, 2.45) is 0 Å². The highest BCUT2D eigenvalue weighted by Gasteiger charge is 2.08. The molecule has 0 bridgehead atoms. The van der Waals surface area contributed by atoms with E-state index in [9.17, 15) is 9.90 Å². The molecular formula is C15H18N2O2. The van der Waals surface area contributed by atoms with Crippen LogP contribution in [0.2, 0.25) is 0 Å². The summed E-state index contributed by atoms with van der Waals surface area (Å²) in [6.45, 7) is 5.64. The normalized spacial score (nSPS) is 12.5. The number of nitrogens with zero attached hydrogens (tertiary/aromatic N) is 1. The van der Waals surface area contributed by atoms with Gasteiger partial charge in [0.15, 0.2) is 0 Å². The van der Waals surface area contributed by atoms with Crippen molar-refractivity contribution in [1.29, 1.82) is 0 Å². The van der Waals surface area contributed by atoms with E-state index in [0.29, 0.717) is 16.5 Å². The molecule has 1 aromatic carbocycles. The monoisotopic (exact) mass is 258 g/mol. The van der Waals surface area contributed by atoms with Crippen LogP contribution in [-0.4, -0.2) is 15.1 Å². The van der Waals surface area contributed by atoms with Crippen molar-refractivity contribution in [2.75, 3.05) is 0 Å². The van der Waals surface area contributed by atoms with E-state index in [1.165, 1.54) is 6.08 Å². The van der Waals surface area contributed by atoms with Crippen molar-refractivity contribution in [1.82, 2.24) is 9.97 Å². The van der Waals surface area contributed by atoms with Gasteiger partial charge in [-0.25, -0.2) is 4.98 Å². The number of benzene rings is 1. The number of H-pyrrole nitrogens is 1. The number of unbranched alkanes of at least 4 members (excludes halogenated alkanes) is 1. The Morgan fingerprint density at radius 3 is 3.00 bits per heavy atom. The molecule has 2 aromatic rings. The molecule has 0 fully saturated rings. The largest absolute Gasteiger partial charge is 0.384 e. The number of aliphatic hydroxyl groups is 1. The number of aliphatic hydroxyl groups excluding tert-OH is 1. The zero-order chi connectivity index (χ0) is 13.8. The van der Waals surface area contributed by atoms with Gasteiger partial charge in [-0.05, 0) is 24.1 Å². The first-order chi connectivity index (χ1) is 9.15. The number of aromatic nitrogens is 2. The summed E-state index contributed by atoms with van der Waals surface area (Å²) < 4.78 is 0. The molecule has 19 heavy (non-hydrogen) atoms. The molecule has 0 aliphatic rings. The maximum absolute atomic E-state index is 12.0. The van der Waals surface area contributed by atoms with Gasteiger partial charge in [0.2, 0.25) is 0 Å². The van der Waals surface area contributed by atoms with E-state index in [1.54, 1.807) is 18.2 Å². The third-order valence-corrected chi connectivity index (χ3v) is 3.11. The Labute approximate surface area is 111 Å². The number of fused-ring (bicyclic) bond motifs is 1. The Balaban J connectivity index is 2.47. The van der Waals surface area contributed by atoms with E-state index in [-0.39, 0.29) is 5.56 Å². The molecule has 1 atom stereocenters. The summed E-state index contributed by atoms with van der Waals surface area (Å²) in [6, 6.07) is 5.20.